The Kier molecular flexibility index (Phi) is 3.82. The molecule has 1 rings (SSSR count). The van der Waals surface area contributed by atoms with Gasteiger partial charge >= 0.3 is 6.18 Å². The SMILES string of the molecule is Cc1ccc(/C(N)=N/O)cc1OCC(F)(F)F. The highest BCUT2D eigenvalue weighted by Gasteiger charge is 2.28. The van der Waals surface area contributed by atoms with E-state index in [2.05, 4.69) is 9.89 Å². The van der Waals surface area contributed by atoms with Crippen LogP contribution in [0.15, 0.2) is 23.4 Å². The zero-order valence-electron chi connectivity index (χ0n) is 8.95. The molecule has 1 aromatic carbocycles. The van der Waals surface area contributed by atoms with Crippen molar-refractivity contribution in [1.82, 2.24) is 0 Å². The van der Waals surface area contributed by atoms with Gasteiger partial charge in [0.15, 0.2) is 12.4 Å². The molecule has 0 saturated heterocycles. The van der Waals surface area contributed by atoms with E-state index in [9.17, 15) is 13.2 Å². The molecular formula is C10H11F3N2O2. The molecule has 0 heterocycles. The molecule has 1 aromatic rings. The average Bonchev–Trinajstić information content (AvgIpc) is 2.26. The van der Waals surface area contributed by atoms with E-state index in [1.165, 1.54) is 18.2 Å². The molecule has 94 valence electrons. The predicted molar refractivity (Wildman–Crippen MR) is 55.2 cm³/mol. The van der Waals surface area contributed by atoms with Crippen molar-refractivity contribution in [3.8, 4) is 5.75 Å². The molecule has 0 aliphatic carbocycles. The van der Waals surface area contributed by atoms with Gasteiger partial charge in [0.1, 0.15) is 5.75 Å². The summed E-state index contributed by atoms with van der Waals surface area (Å²) in [7, 11) is 0. The van der Waals surface area contributed by atoms with E-state index in [-0.39, 0.29) is 17.1 Å². The third kappa shape index (κ3) is 3.86. The van der Waals surface area contributed by atoms with Crippen LogP contribution in [0.25, 0.3) is 0 Å². The smallest absolute Gasteiger partial charge is 0.422 e. The summed E-state index contributed by atoms with van der Waals surface area (Å²) in [6, 6.07) is 4.33. The fraction of sp³-hybridized carbons (Fsp3) is 0.300. The lowest BCUT2D eigenvalue weighted by atomic mass is 10.1. The predicted octanol–water partition coefficient (Wildman–Crippen LogP) is 2.03. The highest BCUT2D eigenvalue weighted by molar-refractivity contribution is 5.97. The van der Waals surface area contributed by atoms with Gasteiger partial charge < -0.3 is 15.7 Å². The number of benzene rings is 1. The van der Waals surface area contributed by atoms with Crippen LogP contribution < -0.4 is 10.5 Å². The van der Waals surface area contributed by atoms with E-state index < -0.39 is 12.8 Å². The molecule has 3 N–H and O–H groups in total. The quantitative estimate of drug-likeness (QED) is 0.372. The minimum Gasteiger partial charge on any atom is -0.484 e. The molecule has 0 saturated carbocycles. The molecule has 0 amide bonds. The third-order valence-corrected chi connectivity index (χ3v) is 1.98. The number of amidine groups is 1. The van der Waals surface area contributed by atoms with Crippen LogP contribution in [0, 0.1) is 6.92 Å². The molecule has 0 aromatic heterocycles. The fourth-order valence-electron chi connectivity index (χ4n) is 1.13. The van der Waals surface area contributed by atoms with Crippen molar-refractivity contribution in [2.45, 2.75) is 13.1 Å². The van der Waals surface area contributed by atoms with Crippen LogP contribution in [-0.2, 0) is 0 Å². The molecule has 0 fully saturated rings. The number of ether oxygens (including phenoxy) is 1. The lowest BCUT2D eigenvalue weighted by Crippen LogP contribution is -2.20. The summed E-state index contributed by atoms with van der Waals surface area (Å²) in [6.07, 6.45) is -4.40. The van der Waals surface area contributed by atoms with Gasteiger partial charge in [-0.3, -0.25) is 0 Å². The van der Waals surface area contributed by atoms with E-state index in [1.807, 2.05) is 0 Å². The van der Waals surface area contributed by atoms with Gasteiger partial charge in [-0.1, -0.05) is 17.3 Å². The van der Waals surface area contributed by atoms with Gasteiger partial charge in [0, 0.05) is 5.56 Å². The first kappa shape index (κ1) is 13.1. The van der Waals surface area contributed by atoms with Crippen LogP contribution in [-0.4, -0.2) is 23.8 Å². The average molecular weight is 248 g/mol. The molecule has 0 atom stereocenters. The first-order chi connectivity index (χ1) is 7.83. The summed E-state index contributed by atoms with van der Waals surface area (Å²) in [5, 5.41) is 11.2. The summed E-state index contributed by atoms with van der Waals surface area (Å²) < 4.78 is 40.6. The van der Waals surface area contributed by atoms with Crippen LogP contribution >= 0.6 is 0 Å². The minimum atomic E-state index is -4.40. The monoisotopic (exact) mass is 248 g/mol. The van der Waals surface area contributed by atoms with E-state index in [4.69, 9.17) is 10.9 Å². The van der Waals surface area contributed by atoms with Gasteiger partial charge in [-0.25, -0.2) is 0 Å². The van der Waals surface area contributed by atoms with Gasteiger partial charge in [-0.05, 0) is 18.6 Å². The minimum absolute atomic E-state index is 0.0476. The van der Waals surface area contributed by atoms with Crippen molar-refractivity contribution >= 4 is 5.84 Å². The van der Waals surface area contributed by atoms with Crippen molar-refractivity contribution in [2.24, 2.45) is 10.9 Å². The van der Waals surface area contributed by atoms with Crippen molar-refractivity contribution in [3.05, 3.63) is 29.3 Å². The van der Waals surface area contributed by atoms with E-state index in [0.29, 0.717) is 5.56 Å². The highest BCUT2D eigenvalue weighted by atomic mass is 19.4. The molecule has 7 heteroatoms. The topological polar surface area (TPSA) is 67.8 Å². The lowest BCUT2D eigenvalue weighted by molar-refractivity contribution is -0.153. The molecular weight excluding hydrogens is 237 g/mol. The molecule has 0 bridgehead atoms. The number of hydrogen-bond donors (Lipinski definition) is 2. The molecule has 0 unspecified atom stereocenters. The largest absolute Gasteiger partial charge is 0.484 e. The van der Waals surface area contributed by atoms with Crippen molar-refractivity contribution in [1.29, 1.82) is 0 Å². The van der Waals surface area contributed by atoms with E-state index in [0.717, 1.165) is 0 Å². The number of halogens is 3. The zero-order chi connectivity index (χ0) is 13.1. The Bertz CT molecular complexity index is 430. The summed E-state index contributed by atoms with van der Waals surface area (Å²) >= 11 is 0. The van der Waals surface area contributed by atoms with E-state index in [1.54, 1.807) is 6.92 Å². The molecule has 0 radical (unpaired) electrons. The van der Waals surface area contributed by atoms with Gasteiger partial charge in [0.2, 0.25) is 0 Å². The maximum Gasteiger partial charge on any atom is 0.422 e. The zero-order valence-corrected chi connectivity index (χ0v) is 8.95. The second kappa shape index (κ2) is 4.94. The van der Waals surface area contributed by atoms with Crippen LogP contribution in [0.2, 0.25) is 0 Å². The number of aryl methyl sites for hydroxylation is 1. The summed E-state index contributed by atoms with van der Waals surface area (Å²) in [4.78, 5) is 0. The second-order valence-corrected chi connectivity index (χ2v) is 3.37. The van der Waals surface area contributed by atoms with Crippen LogP contribution in [0.3, 0.4) is 0 Å². The molecule has 0 spiro atoms. The van der Waals surface area contributed by atoms with Crippen LogP contribution in [0.1, 0.15) is 11.1 Å². The van der Waals surface area contributed by atoms with Crippen molar-refractivity contribution in [3.63, 3.8) is 0 Å². The Morgan fingerprint density at radius 3 is 2.65 bits per heavy atom. The Labute approximate surface area is 95.5 Å². The maximum absolute atomic E-state index is 12.0. The first-order valence-corrected chi connectivity index (χ1v) is 4.61. The third-order valence-electron chi connectivity index (χ3n) is 1.98. The van der Waals surface area contributed by atoms with Gasteiger partial charge in [0.25, 0.3) is 0 Å². The standard InChI is InChI=1S/C10H11F3N2O2/c1-6-2-3-7(9(14)15-16)4-8(6)17-5-10(11,12)13/h2-4,16H,5H2,1H3,(H2,14,15). The summed E-state index contributed by atoms with van der Waals surface area (Å²) in [5.74, 6) is -0.145. The number of alkyl halides is 3. The number of hydrogen-bond acceptors (Lipinski definition) is 3. The number of nitrogens with two attached hydrogens (primary N) is 1. The Hall–Kier alpha value is -1.92. The van der Waals surface area contributed by atoms with Crippen LogP contribution in [0.5, 0.6) is 5.75 Å². The number of nitrogens with zero attached hydrogens (tertiary/aromatic N) is 1. The second-order valence-electron chi connectivity index (χ2n) is 3.37. The lowest BCUT2D eigenvalue weighted by Gasteiger charge is -2.12. The van der Waals surface area contributed by atoms with Crippen molar-refractivity contribution < 1.29 is 23.1 Å². The normalized spacial score (nSPS) is 12.6. The molecule has 0 aliphatic heterocycles. The Morgan fingerprint density at radius 1 is 1.47 bits per heavy atom. The van der Waals surface area contributed by atoms with E-state index >= 15 is 0 Å². The fourth-order valence-corrected chi connectivity index (χ4v) is 1.13. The number of oxime groups is 1. The van der Waals surface area contributed by atoms with Gasteiger partial charge in [0.05, 0.1) is 0 Å². The molecule has 4 nitrogen and oxygen atoms in total. The molecule has 17 heavy (non-hydrogen) atoms. The highest BCUT2D eigenvalue weighted by Crippen LogP contribution is 2.23. The number of rotatable bonds is 3. The summed E-state index contributed by atoms with van der Waals surface area (Å²) in [5.41, 5.74) is 6.14. The van der Waals surface area contributed by atoms with Crippen LogP contribution in [0.4, 0.5) is 13.2 Å². The van der Waals surface area contributed by atoms with Crippen molar-refractivity contribution in [2.75, 3.05) is 6.61 Å². The van der Waals surface area contributed by atoms with Gasteiger partial charge in [-0.2, -0.15) is 13.2 Å². The first-order valence-electron chi connectivity index (χ1n) is 4.61. The summed E-state index contributed by atoms with van der Waals surface area (Å²) in [6.45, 7) is 0.217. The Balaban J connectivity index is 2.91. The van der Waals surface area contributed by atoms with Gasteiger partial charge in [-0.15, -0.1) is 0 Å². The Morgan fingerprint density at radius 2 is 2.12 bits per heavy atom. The molecule has 0 aliphatic rings. The maximum atomic E-state index is 12.0.